The first kappa shape index (κ1) is 15.5. The van der Waals surface area contributed by atoms with Crippen molar-refractivity contribution in [1.82, 2.24) is 0 Å². The molecule has 0 saturated heterocycles. The maximum Gasteiger partial charge on any atom is 0.0367 e. The Kier molecular flexibility index (Phi) is 7.29. The van der Waals surface area contributed by atoms with E-state index in [0.29, 0.717) is 9.65 Å². The van der Waals surface area contributed by atoms with Crippen molar-refractivity contribution in [3.05, 3.63) is 71.8 Å². The van der Waals surface area contributed by atoms with Crippen LogP contribution in [0.15, 0.2) is 60.7 Å². The number of hydrogen-bond acceptors (Lipinski definition) is 0. The summed E-state index contributed by atoms with van der Waals surface area (Å²) in [6.07, 6.45) is 0. The predicted molar refractivity (Wildman–Crippen MR) is 87.6 cm³/mol. The molecule has 2 atom stereocenters. The minimum absolute atomic E-state index is 0.471. The molecule has 0 amide bonds. The van der Waals surface area contributed by atoms with Crippen LogP contribution in [-0.4, -0.2) is 0 Å². The predicted octanol–water partition coefficient (Wildman–Crippen LogP) is 6.29. The Labute approximate surface area is 127 Å². The molecule has 0 heterocycles. The van der Waals surface area contributed by atoms with Crippen molar-refractivity contribution in [2.75, 3.05) is 0 Å². The molecule has 0 radical (unpaired) electrons. The van der Waals surface area contributed by atoms with Crippen molar-refractivity contribution in [3.8, 4) is 0 Å². The molecule has 0 saturated carbocycles. The largest absolute Gasteiger partial charge is 0.0842 e. The van der Waals surface area contributed by atoms with Crippen LogP contribution in [0.1, 0.15) is 34.6 Å². The molecule has 2 aromatic carbocycles. The molecule has 0 aromatic heterocycles. The topological polar surface area (TPSA) is 0 Å². The second-order valence-corrected chi connectivity index (χ2v) is 6.80. The number of hydrogen-bond donors (Lipinski definition) is 0. The van der Waals surface area contributed by atoms with Gasteiger partial charge in [-0.05, 0) is 25.0 Å². The lowest BCUT2D eigenvalue weighted by molar-refractivity contribution is 1.12. The van der Waals surface area contributed by atoms with Gasteiger partial charge >= 0.3 is 0 Å². The average Bonchev–Trinajstić information content (AvgIpc) is 2.41. The van der Waals surface area contributed by atoms with Crippen LogP contribution in [0.5, 0.6) is 0 Å². The maximum absolute atomic E-state index is 3.48. The van der Waals surface area contributed by atoms with E-state index in [4.69, 9.17) is 0 Å². The summed E-state index contributed by atoms with van der Waals surface area (Å²) in [5.41, 5.74) is 2.66. The second kappa shape index (κ2) is 8.49. The molecule has 0 aliphatic heterocycles. The first-order valence-corrected chi connectivity index (χ1v) is 7.82. The van der Waals surface area contributed by atoms with E-state index in [9.17, 15) is 0 Å². The van der Waals surface area contributed by atoms with E-state index >= 15 is 0 Å². The lowest BCUT2D eigenvalue weighted by Crippen LogP contribution is -1.79. The minimum Gasteiger partial charge on any atom is -0.0842 e. The molecule has 2 aromatic rings. The summed E-state index contributed by atoms with van der Waals surface area (Å²) in [4.78, 5) is 0.942. The van der Waals surface area contributed by atoms with Crippen LogP contribution in [0.2, 0.25) is 0 Å². The summed E-state index contributed by atoms with van der Waals surface area (Å²) >= 11 is 6.96. The molecule has 0 N–H and O–H groups in total. The van der Waals surface area contributed by atoms with E-state index in [2.05, 4.69) is 70.0 Å². The van der Waals surface area contributed by atoms with Crippen molar-refractivity contribution in [3.63, 3.8) is 0 Å². The molecular weight excluding hydrogens is 352 g/mol. The molecule has 2 heteroatoms. The quantitative estimate of drug-likeness (QED) is 0.546. The number of benzene rings is 2. The fourth-order valence-corrected chi connectivity index (χ4v) is 2.05. The van der Waals surface area contributed by atoms with Gasteiger partial charge in [-0.3, -0.25) is 0 Å². The fourth-order valence-electron chi connectivity index (χ4n) is 1.44. The van der Waals surface area contributed by atoms with Gasteiger partial charge in [0.15, 0.2) is 0 Å². The third-order valence-corrected chi connectivity index (χ3v) is 3.58. The summed E-state index contributed by atoms with van der Waals surface area (Å²) in [6.45, 7) is 4.24. The molecule has 0 nitrogen and oxygen atoms in total. The van der Waals surface area contributed by atoms with Crippen molar-refractivity contribution in [2.24, 2.45) is 0 Å². The van der Waals surface area contributed by atoms with Gasteiger partial charge in [-0.25, -0.2) is 0 Å². The SMILES string of the molecule is CC(Br)c1ccccc1.CC(Br)c1ccccc1. The van der Waals surface area contributed by atoms with Crippen LogP contribution in [0.3, 0.4) is 0 Å². The zero-order chi connectivity index (χ0) is 13.4. The second-order valence-electron chi connectivity index (χ2n) is 4.05. The monoisotopic (exact) mass is 368 g/mol. The molecule has 0 bridgehead atoms. The lowest BCUT2D eigenvalue weighted by atomic mass is 10.2. The Morgan fingerprint density at radius 3 is 1.06 bits per heavy atom. The number of rotatable bonds is 2. The lowest BCUT2D eigenvalue weighted by Gasteiger charge is -1.99. The first-order chi connectivity index (χ1) is 8.61. The van der Waals surface area contributed by atoms with Crippen LogP contribution in [-0.2, 0) is 0 Å². The van der Waals surface area contributed by atoms with Gasteiger partial charge in [0.05, 0.1) is 0 Å². The molecule has 96 valence electrons. The van der Waals surface area contributed by atoms with Crippen LogP contribution < -0.4 is 0 Å². The number of alkyl halides is 2. The third-order valence-electron chi connectivity index (χ3n) is 2.52. The molecule has 0 fully saturated rings. The van der Waals surface area contributed by atoms with Gasteiger partial charge in [0, 0.05) is 9.65 Å². The minimum atomic E-state index is 0.471. The summed E-state index contributed by atoms with van der Waals surface area (Å²) in [6, 6.07) is 20.7. The Bertz CT molecular complexity index is 378. The molecule has 2 unspecified atom stereocenters. The molecule has 0 aliphatic rings. The first-order valence-electron chi connectivity index (χ1n) is 5.99. The van der Waals surface area contributed by atoms with Gasteiger partial charge in [-0.2, -0.15) is 0 Å². The van der Waals surface area contributed by atoms with E-state index < -0.39 is 0 Å². The van der Waals surface area contributed by atoms with E-state index in [1.165, 1.54) is 11.1 Å². The Hall–Kier alpha value is -0.600. The Morgan fingerprint density at radius 1 is 0.611 bits per heavy atom. The molecule has 0 aliphatic carbocycles. The smallest absolute Gasteiger partial charge is 0.0367 e. The normalized spacial score (nSPS) is 13.1. The van der Waals surface area contributed by atoms with Crippen molar-refractivity contribution in [2.45, 2.75) is 23.5 Å². The molecule has 2 rings (SSSR count). The van der Waals surface area contributed by atoms with Crippen molar-refractivity contribution < 1.29 is 0 Å². The van der Waals surface area contributed by atoms with Crippen LogP contribution >= 0.6 is 31.9 Å². The van der Waals surface area contributed by atoms with Gasteiger partial charge < -0.3 is 0 Å². The standard InChI is InChI=1S/2C8H9Br/c2*1-7(9)8-5-3-2-4-6-8/h2*2-7H,1H3. The fraction of sp³-hybridized carbons (Fsp3) is 0.250. The maximum atomic E-state index is 3.48. The summed E-state index contributed by atoms with van der Waals surface area (Å²) in [7, 11) is 0. The highest BCUT2D eigenvalue weighted by atomic mass is 79.9. The zero-order valence-corrected chi connectivity index (χ0v) is 13.9. The number of halogens is 2. The molecular formula is C16H18Br2. The Balaban J connectivity index is 0.000000180. The van der Waals surface area contributed by atoms with E-state index in [0.717, 1.165) is 0 Å². The summed E-state index contributed by atoms with van der Waals surface area (Å²) in [5.74, 6) is 0. The van der Waals surface area contributed by atoms with E-state index in [1.807, 2.05) is 36.4 Å². The van der Waals surface area contributed by atoms with Gasteiger partial charge in [0.1, 0.15) is 0 Å². The van der Waals surface area contributed by atoms with Gasteiger partial charge in [-0.1, -0.05) is 92.5 Å². The summed E-state index contributed by atoms with van der Waals surface area (Å²) in [5, 5.41) is 0. The van der Waals surface area contributed by atoms with Crippen LogP contribution in [0.25, 0.3) is 0 Å². The van der Waals surface area contributed by atoms with E-state index in [-0.39, 0.29) is 0 Å². The molecule has 18 heavy (non-hydrogen) atoms. The van der Waals surface area contributed by atoms with Crippen LogP contribution in [0, 0.1) is 0 Å². The highest BCUT2D eigenvalue weighted by Gasteiger charge is 1.96. The zero-order valence-electron chi connectivity index (χ0n) is 10.7. The van der Waals surface area contributed by atoms with Crippen molar-refractivity contribution >= 4 is 31.9 Å². The van der Waals surface area contributed by atoms with Crippen molar-refractivity contribution in [1.29, 1.82) is 0 Å². The average molecular weight is 370 g/mol. The van der Waals surface area contributed by atoms with Gasteiger partial charge in [-0.15, -0.1) is 0 Å². The summed E-state index contributed by atoms with van der Waals surface area (Å²) < 4.78 is 0. The van der Waals surface area contributed by atoms with Gasteiger partial charge in [0.25, 0.3) is 0 Å². The van der Waals surface area contributed by atoms with E-state index in [1.54, 1.807) is 0 Å². The Morgan fingerprint density at radius 2 is 0.889 bits per heavy atom. The molecule has 0 spiro atoms. The van der Waals surface area contributed by atoms with Gasteiger partial charge in [0.2, 0.25) is 0 Å². The third kappa shape index (κ3) is 5.83. The highest BCUT2D eigenvalue weighted by Crippen LogP contribution is 2.20. The van der Waals surface area contributed by atoms with Crippen LogP contribution in [0.4, 0.5) is 0 Å². The highest BCUT2D eigenvalue weighted by molar-refractivity contribution is 9.09.